The lowest BCUT2D eigenvalue weighted by atomic mass is 9.89. The number of halogens is 2. The Labute approximate surface area is 220 Å². The van der Waals surface area contributed by atoms with E-state index in [1.807, 2.05) is 42.5 Å². The third-order valence-corrected chi connectivity index (χ3v) is 7.67. The Morgan fingerprint density at radius 3 is 1.61 bits per heavy atom. The van der Waals surface area contributed by atoms with E-state index in [9.17, 15) is 18.6 Å². The maximum absolute atomic E-state index is 11.7. The van der Waals surface area contributed by atoms with Gasteiger partial charge in [-0.05, 0) is 101 Å². The van der Waals surface area contributed by atoms with Crippen LogP contribution in [0.15, 0.2) is 83.8 Å². The molecule has 0 aromatic heterocycles. The van der Waals surface area contributed by atoms with Crippen molar-refractivity contribution in [1.82, 2.24) is 0 Å². The molecule has 0 bridgehead atoms. The maximum atomic E-state index is 11.7. The standard InChI is InChI=1S/C28H25Cl2NO4S/c1-16(32)24-13-20(6-11-27(24)29)19-5-10-23(18-3-8-22(9-4-18)36(31,34)35)26(14-19)21-7-12-28(30)25(15-21)17(2)33/h3-17,32-33H,1-2H3,(H2,31,34,35). The van der Waals surface area contributed by atoms with Gasteiger partial charge in [-0.15, -0.1) is 0 Å². The second-order valence-corrected chi connectivity index (χ2v) is 11.0. The van der Waals surface area contributed by atoms with Gasteiger partial charge in [0.15, 0.2) is 0 Å². The highest BCUT2D eigenvalue weighted by Gasteiger charge is 2.16. The van der Waals surface area contributed by atoms with Crippen molar-refractivity contribution in [2.24, 2.45) is 5.14 Å². The van der Waals surface area contributed by atoms with Gasteiger partial charge in [-0.1, -0.05) is 59.6 Å². The van der Waals surface area contributed by atoms with Crippen molar-refractivity contribution in [3.8, 4) is 33.4 Å². The minimum atomic E-state index is -3.82. The molecule has 0 amide bonds. The Balaban J connectivity index is 1.93. The molecule has 0 spiro atoms. The molecule has 0 heterocycles. The van der Waals surface area contributed by atoms with E-state index in [1.54, 1.807) is 38.1 Å². The number of hydrogen-bond donors (Lipinski definition) is 3. The Morgan fingerprint density at radius 2 is 1.08 bits per heavy atom. The monoisotopic (exact) mass is 541 g/mol. The molecule has 4 rings (SSSR count). The summed E-state index contributed by atoms with van der Waals surface area (Å²) in [6, 6.07) is 23.2. The Kier molecular flexibility index (Phi) is 7.57. The molecule has 36 heavy (non-hydrogen) atoms. The first-order valence-electron chi connectivity index (χ1n) is 11.2. The van der Waals surface area contributed by atoms with Gasteiger partial charge >= 0.3 is 0 Å². The summed E-state index contributed by atoms with van der Waals surface area (Å²) in [5, 5.41) is 26.5. The SMILES string of the molecule is CC(O)c1cc(-c2ccc(-c3ccc(S(N)(=O)=O)cc3)c(-c3ccc(Cl)c(C(C)O)c3)c2)ccc1Cl. The van der Waals surface area contributed by atoms with Gasteiger partial charge in [0.2, 0.25) is 10.0 Å². The Bertz CT molecular complexity index is 1530. The van der Waals surface area contributed by atoms with Crippen LogP contribution in [0, 0.1) is 0 Å². The second-order valence-electron chi connectivity index (χ2n) is 8.65. The number of aliphatic hydroxyl groups excluding tert-OH is 2. The minimum absolute atomic E-state index is 0.0270. The third-order valence-electron chi connectivity index (χ3n) is 6.05. The normalized spacial score (nSPS) is 13.4. The van der Waals surface area contributed by atoms with Crippen LogP contribution in [0.3, 0.4) is 0 Å². The molecule has 186 valence electrons. The number of benzene rings is 4. The van der Waals surface area contributed by atoms with Crippen LogP contribution < -0.4 is 5.14 Å². The fraction of sp³-hybridized carbons (Fsp3) is 0.143. The maximum Gasteiger partial charge on any atom is 0.238 e. The summed E-state index contributed by atoms with van der Waals surface area (Å²) >= 11 is 12.6. The topological polar surface area (TPSA) is 101 Å². The lowest BCUT2D eigenvalue weighted by Crippen LogP contribution is -2.11. The van der Waals surface area contributed by atoms with Crippen LogP contribution in [-0.2, 0) is 10.0 Å². The average Bonchev–Trinajstić information content (AvgIpc) is 2.83. The zero-order chi connectivity index (χ0) is 26.2. The van der Waals surface area contributed by atoms with Crippen molar-refractivity contribution in [3.05, 3.63) is 100 Å². The van der Waals surface area contributed by atoms with Crippen LogP contribution in [-0.4, -0.2) is 18.6 Å². The van der Waals surface area contributed by atoms with E-state index in [1.165, 1.54) is 12.1 Å². The van der Waals surface area contributed by atoms with Crippen molar-refractivity contribution < 1.29 is 18.6 Å². The summed E-state index contributed by atoms with van der Waals surface area (Å²) in [5.74, 6) is 0. The van der Waals surface area contributed by atoms with Crippen LogP contribution in [0.25, 0.3) is 33.4 Å². The average molecular weight is 542 g/mol. The first-order chi connectivity index (χ1) is 17.0. The van der Waals surface area contributed by atoms with Crippen LogP contribution in [0.5, 0.6) is 0 Å². The van der Waals surface area contributed by atoms with Gasteiger partial charge in [-0.2, -0.15) is 0 Å². The number of sulfonamides is 1. The molecule has 4 N–H and O–H groups in total. The van der Waals surface area contributed by atoms with E-state index in [0.29, 0.717) is 21.2 Å². The van der Waals surface area contributed by atoms with Gasteiger partial charge in [0, 0.05) is 10.0 Å². The molecular weight excluding hydrogens is 517 g/mol. The summed E-state index contributed by atoms with van der Waals surface area (Å²) < 4.78 is 23.4. The van der Waals surface area contributed by atoms with Gasteiger partial charge in [0.1, 0.15) is 0 Å². The molecule has 4 aromatic carbocycles. The highest BCUT2D eigenvalue weighted by molar-refractivity contribution is 7.89. The van der Waals surface area contributed by atoms with Gasteiger partial charge in [0.25, 0.3) is 0 Å². The van der Waals surface area contributed by atoms with E-state index in [2.05, 4.69) is 0 Å². The molecule has 2 atom stereocenters. The van der Waals surface area contributed by atoms with Crippen LogP contribution in [0.1, 0.15) is 37.2 Å². The lowest BCUT2D eigenvalue weighted by molar-refractivity contribution is 0.199. The number of nitrogens with two attached hydrogens (primary N) is 1. The van der Waals surface area contributed by atoms with E-state index in [4.69, 9.17) is 28.3 Å². The highest BCUT2D eigenvalue weighted by Crippen LogP contribution is 2.39. The summed E-state index contributed by atoms with van der Waals surface area (Å²) in [6.45, 7) is 3.32. The van der Waals surface area contributed by atoms with Gasteiger partial charge in [-0.25, -0.2) is 13.6 Å². The largest absolute Gasteiger partial charge is 0.389 e. The molecule has 4 aromatic rings. The summed E-state index contributed by atoms with van der Waals surface area (Å²) in [6.07, 6.45) is -1.48. The van der Waals surface area contributed by atoms with Gasteiger partial charge in [-0.3, -0.25) is 0 Å². The zero-order valence-electron chi connectivity index (χ0n) is 19.6. The highest BCUT2D eigenvalue weighted by atomic mass is 35.5. The van der Waals surface area contributed by atoms with Gasteiger partial charge in [0.05, 0.1) is 17.1 Å². The molecule has 0 aliphatic rings. The summed E-state index contributed by atoms with van der Waals surface area (Å²) in [7, 11) is -3.82. The molecule has 0 saturated carbocycles. The van der Waals surface area contributed by atoms with Crippen molar-refractivity contribution in [2.45, 2.75) is 31.0 Å². The van der Waals surface area contributed by atoms with E-state index in [0.717, 1.165) is 33.4 Å². The lowest BCUT2D eigenvalue weighted by Gasteiger charge is -2.17. The fourth-order valence-electron chi connectivity index (χ4n) is 4.11. The second kappa shape index (κ2) is 10.3. The number of primary sulfonamides is 1. The van der Waals surface area contributed by atoms with Crippen molar-refractivity contribution in [2.75, 3.05) is 0 Å². The van der Waals surface area contributed by atoms with Crippen molar-refractivity contribution in [1.29, 1.82) is 0 Å². The molecule has 0 radical (unpaired) electrons. The first-order valence-corrected chi connectivity index (χ1v) is 13.5. The summed E-state index contributed by atoms with van der Waals surface area (Å²) in [4.78, 5) is 0.0270. The Hall–Kier alpha value is -2.71. The number of rotatable bonds is 6. The molecule has 0 saturated heterocycles. The van der Waals surface area contributed by atoms with E-state index < -0.39 is 22.2 Å². The first kappa shape index (κ1) is 26.4. The van der Waals surface area contributed by atoms with E-state index >= 15 is 0 Å². The third kappa shape index (κ3) is 5.49. The van der Waals surface area contributed by atoms with Crippen molar-refractivity contribution >= 4 is 33.2 Å². The quantitative estimate of drug-likeness (QED) is 0.251. The number of hydrogen-bond acceptors (Lipinski definition) is 4. The van der Waals surface area contributed by atoms with Crippen LogP contribution in [0.4, 0.5) is 0 Å². The van der Waals surface area contributed by atoms with Crippen molar-refractivity contribution in [3.63, 3.8) is 0 Å². The number of aliphatic hydroxyl groups is 2. The molecule has 0 fully saturated rings. The molecule has 0 aliphatic carbocycles. The zero-order valence-corrected chi connectivity index (χ0v) is 21.9. The van der Waals surface area contributed by atoms with E-state index in [-0.39, 0.29) is 4.90 Å². The molecule has 2 unspecified atom stereocenters. The fourth-order valence-corrected chi connectivity index (χ4v) is 5.18. The van der Waals surface area contributed by atoms with Crippen LogP contribution >= 0.6 is 23.2 Å². The summed E-state index contributed by atoms with van der Waals surface area (Å²) in [5.41, 5.74) is 6.30. The van der Waals surface area contributed by atoms with Crippen LogP contribution in [0.2, 0.25) is 10.0 Å². The smallest absolute Gasteiger partial charge is 0.238 e. The molecule has 5 nitrogen and oxygen atoms in total. The Morgan fingerprint density at radius 1 is 0.639 bits per heavy atom. The van der Waals surface area contributed by atoms with Gasteiger partial charge < -0.3 is 10.2 Å². The molecule has 8 heteroatoms. The molecular formula is C28H25Cl2NO4S. The predicted molar refractivity (Wildman–Crippen MR) is 145 cm³/mol. The molecule has 0 aliphatic heterocycles. The minimum Gasteiger partial charge on any atom is -0.389 e. The predicted octanol–water partition coefficient (Wildman–Crippen LogP) is 6.75.